The molecular formula is C22H18IN3O2S. The number of rotatable bonds is 5. The van der Waals surface area contributed by atoms with Gasteiger partial charge in [-0.3, -0.25) is 0 Å². The number of para-hydroxylation sites is 2. The Bertz CT molecular complexity index is 1210. The molecule has 0 saturated carbocycles. The molecule has 0 aliphatic rings. The average Bonchev–Trinajstić information content (AvgIpc) is 3.22. The molecule has 0 spiro atoms. The van der Waals surface area contributed by atoms with Gasteiger partial charge in [-0.25, -0.2) is 9.78 Å². The standard InChI is InChI=1S/C22H18IN3O2S/c1-13-11-15(14(2)26(13)17-9-7-16(23)8-10-17)12-20(21(27)28)29-22-24-18-5-3-4-6-19(18)25-22/h3-12H,1-2H3,(H,24,25)(H,27,28)/b20-12-. The Labute approximate surface area is 186 Å². The van der Waals surface area contributed by atoms with Crippen molar-refractivity contribution in [3.05, 3.63) is 80.0 Å². The van der Waals surface area contributed by atoms with E-state index >= 15 is 0 Å². The minimum absolute atomic E-state index is 0.215. The smallest absolute Gasteiger partial charge is 0.342 e. The quantitative estimate of drug-likeness (QED) is 0.201. The molecule has 0 unspecified atom stereocenters. The number of carbonyl (C=O) groups is 1. The fourth-order valence-corrected chi connectivity index (χ4v) is 4.43. The molecule has 0 aliphatic heterocycles. The lowest BCUT2D eigenvalue weighted by Crippen LogP contribution is -2.00. The van der Waals surface area contributed by atoms with Crippen molar-refractivity contribution in [2.75, 3.05) is 0 Å². The van der Waals surface area contributed by atoms with Gasteiger partial charge in [0, 0.05) is 20.6 Å². The van der Waals surface area contributed by atoms with Crippen molar-refractivity contribution in [2.45, 2.75) is 19.0 Å². The maximum Gasteiger partial charge on any atom is 0.342 e. The summed E-state index contributed by atoms with van der Waals surface area (Å²) in [6.45, 7) is 4.03. The van der Waals surface area contributed by atoms with Gasteiger partial charge in [0.2, 0.25) is 0 Å². The highest BCUT2D eigenvalue weighted by Crippen LogP contribution is 2.30. The van der Waals surface area contributed by atoms with Gasteiger partial charge in [-0.1, -0.05) is 12.1 Å². The maximum absolute atomic E-state index is 11.9. The average molecular weight is 515 g/mol. The van der Waals surface area contributed by atoms with Gasteiger partial charge in [-0.15, -0.1) is 0 Å². The summed E-state index contributed by atoms with van der Waals surface area (Å²) in [6.07, 6.45) is 1.71. The summed E-state index contributed by atoms with van der Waals surface area (Å²) in [5.41, 5.74) is 5.68. The third-order valence-electron chi connectivity index (χ3n) is 4.63. The van der Waals surface area contributed by atoms with E-state index in [1.807, 2.05) is 44.2 Å². The van der Waals surface area contributed by atoms with E-state index in [1.54, 1.807) is 6.08 Å². The number of hydrogen-bond acceptors (Lipinski definition) is 3. The minimum atomic E-state index is -0.977. The summed E-state index contributed by atoms with van der Waals surface area (Å²) >= 11 is 3.40. The fraction of sp³-hybridized carbons (Fsp3) is 0.0909. The number of carboxylic acids is 1. The lowest BCUT2D eigenvalue weighted by molar-refractivity contribution is -0.131. The first-order chi connectivity index (χ1) is 13.9. The lowest BCUT2D eigenvalue weighted by Gasteiger charge is -2.09. The van der Waals surface area contributed by atoms with Crippen LogP contribution in [-0.4, -0.2) is 25.6 Å². The Hall–Kier alpha value is -2.52. The molecule has 0 radical (unpaired) electrons. The zero-order valence-corrected chi connectivity index (χ0v) is 18.8. The predicted molar refractivity (Wildman–Crippen MR) is 126 cm³/mol. The van der Waals surface area contributed by atoms with Crippen LogP contribution in [0.2, 0.25) is 0 Å². The zero-order chi connectivity index (χ0) is 20.5. The van der Waals surface area contributed by atoms with Gasteiger partial charge in [0.15, 0.2) is 5.16 Å². The number of aryl methyl sites for hydroxylation is 1. The van der Waals surface area contributed by atoms with Crippen molar-refractivity contribution < 1.29 is 9.90 Å². The Morgan fingerprint density at radius 1 is 1.17 bits per heavy atom. The van der Waals surface area contributed by atoms with Gasteiger partial charge in [0.25, 0.3) is 0 Å². The Morgan fingerprint density at radius 2 is 1.90 bits per heavy atom. The van der Waals surface area contributed by atoms with Crippen molar-refractivity contribution >= 4 is 57.4 Å². The van der Waals surface area contributed by atoms with E-state index in [-0.39, 0.29) is 4.91 Å². The number of aromatic nitrogens is 3. The Kier molecular flexibility index (Phi) is 5.51. The second-order valence-electron chi connectivity index (χ2n) is 6.61. The van der Waals surface area contributed by atoms with Gasteiger partial charge in [-0.05, 0) is 102 Å². The van der Waals surface area contributed by atoms with Crippen LogP contribution in [0.3, 0.4) is 0 Å². The predicted octanol–water partition coefficient (Wildman–Crippen LogP) is 5.79. The molecule has 29 heavy (non-hydrogen) atoms. The van der Waals surface area contributed by atoms with E-state index in [0.717, 1.165) is 45.4 Å². The molecule has 4 rings (SSSR count). The molecular weight excluding hydrogens is 497 g/mol. The molecule has 146 valence electrons. The van der Waals surface area contributed by atoms with E-state index in [4.69, 9.17) is 0 Å². The summed E-state index contributed by atoms with van der Waals surface area (Å²) in [4.78, 5) is 19.8. The summed E-state index contributed by atoms with van der Waals surface area (Å²) < 4.78 is 3.30. The molecule has 2 heterocycles. The first kappa shape index (κ1) is 19.8. The number of carboxylic acid groups (broad SMARTS) is 1. The van der Waals surface area contributed by atoms with E-state index in [9.17, 15) is 9.90 Å². The molecule has 5 nitrogen and oxygen atoms in total. The molecule has 0 fully saturated rings. The van der Waals surface area contributed by atoms with Crippen LogP contribution in [-0.2, 0) is 4.79 Å². The monoisotopic (exact) mass is 515 g/mol. The van der Waals surface area contributed by atoms with Crippen LogP contribution < -0.4 is 0 Å². The number of nitrogens with one attached hydrogen (secondary N) is 1. The third-order valence-corrected chi connectivity index (χ3v) is 6.25. The van der Waals surface area contributed by atoms with Crippen LogP contribution in [0.15, 0.2) is 64.7 Å². The number of aliphatic carboxylic acids is 1. The summed E-state index contributed by atoms with van der Waals surface area (Å²) in [5, 5.41) is 10.3. The summed E-state index contributed by atoms with van der Waals surface area (Å²) in [7, 11) is 0. The van der Waals surface area contributed by atoms with Gasteiger partial charge in [0.1, 0.15) is 4.91 Å². The number of fused-ring (bicyclic) bond motifs is 1. The lowest BCUT2D eigenvalue weighted by atomic mass is 10.2. The van der Waals surface area contributed by atoms with Crippen LogP contribution >= 0.6 is 34.4 Å². The SMILES string of the molecule is Cc1cc(/C=C(\Sc2nc3ccccc3[nH]2)C(=O)O)c(C)n1-c1ccc(I)cc1. The number of H-pyrrole nitrogens is 1. The highest BCUT2D eigenvalue weighted by atomic mass is 127. The normalized spacial score (nSPS) is 11.9. The van der Waals surface area contributed by atoms with Crippen molar-refractivity contribution in [3.8, 4) is 5.69 Å². The summed E-state index contributed by atoms with van der Waals surface area (Å²) in [6, 6.07) is 17.9. The number of thioether (sulfide) groups is 1. The van der Waals surface area contributed by atoms with Crippen molar-refractivity contribution in [1.82, 2.24) is 14.5 Å². The number of hydrogen-bond donors (Lipinski definition) is 2. The molecule has 2 aromatic carbocycles. The van der Waals surface area contributed by atoms with Crippen LogP contribution in [0.4, 0.5) is 0 Å². The van der Waals surface area contributed by atoms with Gasteiger partial charge >= 0.3 is 5.97 Å². The molecule has 0 amide bonds. The number of imidazole rings is 1. The zero-order valence-electron chi connectivity index (χ0n) is 15.8. The number of benzene rings is 2. The number of aromatic amines is 1. The van der Waals surface area contributed by atoms with Crippen molar-refractivity contribution in [2.24, 2.45) is 0 Å². The Balaban J connectivity index is 1.71. The Morgan fingerprint density at radius 3 is 2.59 bits per heavy atom. The van der Waals surface area contributed by atoms with Gasteiger partial charge < -0.3 is 14.7 Å². The van der Waals surface area contributed by atoms with E-state index in [2.05, 4.69) is 61.4 Å². The van der Waals surface area contributed by atoms with Crippen LogP contribution in [0.5, 0.6) is 0 Å². The molecule has 0 aliphatic carbocycles. The number of nitrogens with zero attached hydrogens (tertiary/aromatic N) is 2. The van der Waals surface area contributed by atoms with Crippen molar-refractivity contribution in [3.63, 3.8) is 0 Å². The molecule has 4 aromatic rings. The van der Waals surface area contributed by atoms with Crippen molar-refractivity contribution in [1.29, 1.82) is 0 Å². The second-order valence-corrected chi connectivity index (χ2v) is 8.89. The minimum Gasteiger partial charge on any atom is -0.477 e. The van der Waals surface area contributed by atoms with Crippen LogP contribution in [0.25, 0.3) is 22.8 Å². The highest BCUT2D eigenvalue weighted by molar-refractivity contribution is 14.1. The van der Waals surface area contributed by atoms with Gasteiger partial charge in [-0.2, -0.15) is 0 Å². The van der Waals surface area contributed by atoms with E-state index in [0.29, 0.717) is 5.16 Å². The molecule has 0 saturated heterocycles. The number of halogens is 1. The summed E-state index contributed by atoms with van der Waals surface area (Å²) in [5.74, 6) is -0.977. The topological polar surface area (TPSA) is 70.9 Å². The molecule has 2 N–H and O–H groups in total. The largest absolute Gasteiger partial charge is 0.477 e. The van der Waals surface area contributed by atoms with Crippen LogP contribution in [0, 0.1) is 17.4 Å². The highest BCUT2D eigenvalue weighted by Gasteiger charge is 2.16. The van der Waals surface area contributed by atoms with Gasteiger partial charge in [0.05, 0.1) is 11.0 Å². The van der Waals surface area contributed by atoms with E-state index < -0.39 is 5.97 Å². The maximum atomic E-state index is 11.9. The first-order valence-corrected chi connectivity index (χ1v) is 10.8. The van der Waals surface area contributed by atoms with E-state index in [1.165, 1.54) is 3.57 Å². The molecule has 0 atom stereocenters. The molecule has 2 aromatic heterocycles. The molecule has 7 heteroatoms. The second kappa shape index (κ2) is 8.08. The fourth-order valence-electron chi connectivity index (χ4n) is 3.28. The first-order valence-electron chi connectivity index (χ1n) is 8.95. The third kappa shape index (κ3) is 4.11. The molecule has 0 bridgehead atoms. The van der Waals surface area contributed by atoms with Crippen LogP contribution in [0.1, 0.15) is 17.0 Å².